The smallest absolute Gasteiger partial charge is 0.129 e. The second kappa shape index (κ2) is 3.18. The van der Waals surface area contributed by atoms with Gasteiger partial charge in [0.05, 0.1) is 11.7 Å². The monoisotopic (exact) mass is 186 g/mol. The fraction of sp³-hybridized carbons (Fsp3) is 0.182. The molecule has 0 unspecified atom stereocenters. The lowest BCUT2D eigenvalue weighted by Crippen LogP contribution is -1.86. The highest BCUT2D eigenvalue weighted by atomic mass is 16.3. The van der Waals surface area contributed by atoms with Crippen LogP contribution in [0, 0.1) is 18.8 Å². The van der Waals surface area contributed by atoms with E-state index in [0.717, 1.165) is 22.0 Å². The molecule has 0 saturated heterocycles. The lowest BCUT2D eigenvalue weighted by molar-refractivity contribution is 1.31. The van der Waals surface area contributed by atoms with Gasteiger partial charge in [-0.05, 0) is 36.2 Å². The molecule has 1 aromatic carbocycles. The number of hydrogen-bond acceptors (Lipinski definition) is 3. The number of nitroso groups, excluding NO2 is 1. The SMILES string of the molecule is Cc1cccc2ncc(N=O)c(C)c12. The first kappa shape index (κ1) is 8.81. The minimum absolute atomic E-state index is 0.423. The van der Waals surface area contributed by atoms with Gasteiger partial charge in [-0.15, -0.1) is 4.91 Å². The van der Waals surface area contributed by atoms with Crippen LogP contribution in [0.4, 0.5) is 5.69 Å². The predicted molar refractivity (Wildman–Crippen MR) is 56.7 cm³/mol. The van der Waals surface area contributed by atoms with Crippen molar-refractivity contribution >= 4 is 16.6 Å². The van der Waals surface area contributed by atoms with Gasteiger partial charge in [0.2, 0.25) is 0 Å². The standard InChI is InChI=1S/C11H10N2O/c1-7-4-3-5-9-11(7)8(2)10(13-14)6-12-9/h3-6H,1-2H3. The quantitative estimate of drug-likeness (QED) is 0.641. The number of benzene rings is 1. The molecule has 2 aromatic rings. The van der Waals surface area contributed by atoms with Crippen LogP contribution in [0.2, 0.25) is 0 Å². The van der Waals surface area contributed by atoms with Crippen LogP contribution >= 0.6 is 0 Å². The van der Waals surface area contributed by atoms with Gasteiger partial charge in [0.15, 0.2) is 0 Å². The van der Waals surface area contributed by atoms with Crippen LogP contribution in [0.1, 0.15) is 11.1 Å². The summed E-state index contributed by atoms with van der Waals surface area (Å²) in [5, 5.41) is 3.98. The van der Waals surface area contributed by atoms with E-state index in [2.05, 4.69) is 10.2 Å². The zero-order valence-electron chi connectivity index (χ0n) is 8.11. The average Bonchev–Trinajstić information content (AvgIpc) is 2.18. The van der Waals surface area contributed by atoms with Gasteiger partial charge in [-0.3, -0.25) is 4.98 Å². The Morgan fingerprint density at radius 3 is 2.79 bits per heavy atom. The van der Waals surface area contributed by atoms with Gasteiger partial charge in [0, 0.05) is 5.39 Å². The molecule has 0 amide bonds. The Labute approximate surface area is 81.8 Å². The Morgan fingerprint density at radius 2 is 2.07 bits per heavy atom. The van der Waals surface area contributed by atoms with Crippen molar-refractivity contribution in [3.63, 3.8) is 0 Å². The van der Waals surface area contributed by atoms with Crippen molar-refractivity contribution in [1.29, 1.82) is 0 Å². The zero-order valence-corrected chi connectivity index (χ0v) is 8.11. The lowest BCUT2D eigenvalue weighted by Gasteiger charge is -2.05. The van der Waals surface area contributed by atoms with Crippen molar-refractivity contribution in [2.45, 2.75) is 13.8 Å². The van der Waals surface area contributed by atoms with Crippen LogP contribution in [0.25, 0.3) is 10.9 Å². The van der Waals surface area contributed by atoms with Crippen LogP contribution < -0.4 is 0 Å². The van der Waals surface area contributed by atoms with E-state index in [-0.39, 0.29) is 0 Å². The summed E-state index contributed by atoms with van der Waals surface area (Å²) in [6, 6.07) is 5.90. The molecule has 3 nitrogen and oxygen atoms in total. The molecule has 14 heavy (non-hydrogen) atoms. The van der Waals surface area contributed by atoms with Crippen molar-refractivity contribution in [3.8, 4) is 0 Å². The Kier molecular flexibility index (Phi) is 2.00. The molecule has 0 saturated carbocycles. The third-order valence-corrected chi connectivity index (χ3v) is 2.43. The predicted octanol–water partition coefficient (Wildman–Crippen LogP) is 3.25. The highest BCUT2D eigenvalue weighted by Crippen LogP contribution is 2.27. The van der Waals surface area contributed by atoms with Gasteiger partial charge in [0.1, 0.15) is 5.69 Å². The summed E-state index contributed by atoms with van der Waals surface area (Å²) in [4.78, 5) is 14.7. The summed E-state index contributed by atoms with van der Waals surface area (Å²) in [5.74, 6) is 0. The molecule has 0 N–H and O–H groups in total. The molecule has 1 aromatic heterocycles. The number of pyridine rings is 1. The maximum atomic E-state index is 10.5. The summed E-state index contributed by atoms with van der Waals surface area (Å²) < 4.78 is 0. The molecule has 2 rings (SSSR count). The molecular formula is C11H10N2O. The first-order valence-corrected chi connectivity index (χ1v) is 4.42. The Balaban J connectivity index is 2.93. The molecule has 70 valence electrons. The molecule has 0 aliphatic rings. The van der Waals surface area contributed by atoms with E-state index in [4.69, 9.17) is 0 Å². The third kappa shape index (κ3) is 1.18. The van der Waals surface area contributed by atoms with Gasteiger partial charge >= 0.3 is 0 Å². The maximum Gasteiger partial charge on any atom is 0.129 e. The van der Waals surface area contributed by atoms with Gasteiger partial charge in [-0.1, -0.05) is 12.1 Å². The number of aromatic nitrogens is 1. The number of nitrogens with zero attached hydrogens (tertiary/aromatic N) is 2. The zero-order chi connectivity index (χ0) is 10.1. The molecular weight excluding hydrogens is 176 g/mol. The fourth-order valence-electron chi connectivity index (χ4n) is 1.70. The van der Waals surface area contributed by atoms with Crippen LogP contribution in [0.3, 0.4) is 0 Å². The van der Waals surface area contributed by atoms with Crippen molar-refractivity contribution in [2.24, 2.45) is 5.18 Å². The van der Waals surface area contributed by atoms with Gasteiger partial charge in [0.25, 0.3) is 0 Å². The molecule has 0 atom stereocenters. The average molecular weight is 186 g/mol. The topological polar surface area (TPSA) is 42.3 Å². The van der Waals surface area contributed by atoms with Crippen LogP contribution in [0.5, 0.6) is 0 Å². The van der Waals surface area contributed by atoms with E-state index < -0.39 is 0 Å². The number of aryl methyl sites for hydroxylation is 2. The Bertz CT molecular complexity index is 506. The molecule has 0 aliphatic carbocycles. The molecule has 0 bridgehead atoms. The van der Waals surface area contributed by atoms with E-state index in [1.807, 2.05) is 32.0 Å². The minimum Gasteiger partial charge on any atom is -0.254 e. The van der Waals surface area contributed by atoms with E-state index in [1.54, 1.807) is 0 Å². The first-order valence-electron chi connectivity index (χ1n) is 4.42. The summed E-state index contributed by atoms with van der Waals surface area (Å²) in [6.45, 7) is 3.90. The van der Waals surface area contributed by atoms with Crippen LogP contribution in [-0.4, -0.2) is 4.98 Å². The number of rotatable bonds is 1. The van der Waals surface area contributed by atoms with E-state index in [0.29, 0.717) is 5.69 Å². The van der Waals surface area contributed by atoms with Crippen molar-refractivity contribution in [1.82, 2.24) is 4.98 Å². The van der Waals surface area contributed by atoms with E-state index >= 15 is 0 Å². The first-order chi connectivity index (χ1) is 6.74. The van der Waals surface area contributed by atoms with Crippen LogP contribution in [-0.2, 0) is 0 Å². The van der Waals surface area contributed by atoms with Crippen molar-refractivity contribution < 1.29 is 0 Å². The third-order valence-electron chi connectivity index (χ3n) is 2.43. The van der Waals surface area contributed by atoms with Gasteiger partial charge in [-0.25, -0.2) is 0 Å². The highest BCUT2D eigenvalue weighted by Gasteiger charge is 2.06. The molecule has 0 radical (unpaired) electrons. The summed E-state index contributed by atoms with van der Waals surface area (Å²) in [6.07, 6.45) is 1.52. The second-order valence-electron chi connectivity index (χ2n) is 3.33. The second-order valence-corrected chi connectivity index (χ2v) is 3.33. The largest absolute Gasteiger partial charge is 0.254 e. The minimum atomic E-state index is 0.423. The van der Waals surface area contributed by atoms with Crippen molar-refractivity contribution in [2.75, 3.05) is 0 Å². The van der Waals surface area contributed by atoms with Crippen molar-refractivity contribution in [3.05, 3.63) is 40.4 Å². The highest BCUT2D eigenvalue weighted by molar-refractivity contribution is 5.88. The lowest BCUT2D eigenvalue weighted by atomic mass is 10.0. The van der Waals surface area contributed by atoms with Crippen LogP contribution in [0.15, 0.2) is 29.6 Å². The molecule has 3 heteroatoms. The van der Waals surface area contributed by atoms with Gasteiger partial charge in [-0.2, -0.15) is 0 Å². The maximum absolute atomic E-state index is 10.5. The Hall–Kier alpha value is -1.77. The molecule has 0 fully saturated rings. The Morgan fingerprint density at radius 1 is 1.29 bits per heavy atom. The normalized spacial score (nSPS) is 10.4. The van der Waals surface area contributed by atoms with E-state index in [1.165, 1.54) is 6.20 Å². The molecule has 1 heterocycles. The van der Waals surface area contributed by atoms with Gasteiger partial charge < -0.3 is 0 Å². The summed E-state index contributed by atoms with van der Waals surface area (Å²) in [7, 11) is 0. The number of hydrogen-bond donors (Lipinski definition) is 0. The molecule has 0 spiro atoms. The number of fused-ring (bicyclic) bond motifs is 1. The summed E-state index contributed by atoms with van der Waals surface area (Å²) >= 11 is 0. The molecule has 0 aliphatic heterocycles. The fourth-order valence-corrected chi connectivity index (χ4v) is 1.70. The summed E-state index contributed by atoms with van der Waals surface area (Å²) in [5.41, 5.74) is 3.36. The van der Waals surface area contributed by atoms with E-state index in [9.17, 15) is 4.91 Å².